The second kappa shape index (κ2) is 8.22. The van der Waals surface area contributed by atoms with Gasteiger partial charge in [0, 0.05) is 31.3 Å². The van der Waals surface area contributed by atoms with Crippen LogP contribution in [0, 0.1) is 0 Å². The number of benzene rings is 1. The fraction of sp³-hybridized carbons (Fsp3) is 0.389. The number of amides is 1. The van der Waals surface area contributed by atoms with Gasteiger partial charge in [0.25, 0.3) is 0 Å². The van der Waals surface area contributed by atoms with Crippen molar-refractivity contribution in [2.24, 2.45) is 0 Å². The zero-order valence-electron chi connectivity index (χ0n) is 14.2. The second-order valence-electron chi connectivity index (χ2n) is 5.76. The highest BCUT2D eigenvalue weighted by atomic mass is 32.1. The molecule has 0 saturated heterocycles. The monoisotopic (exact) mass is 358 g/mol. The molecule has 0 aliphatic heterocycles. The summed E-state index contributed by atoms with van der Waals surface area (Å²) in [5.41, 5.74) is 2.81. The van der Waals surface area contributed by atoms with Gasteiger partial charge in [0.05, 0.1) is 21.7 Å². The lowest BCUT2D eigenvalue weighted by Gasteiger charge is -2.08. The number of aromatic nitrogens is 3. The van der Waals surface area contributed by atoms with Gasteiger partial charge < -0.3 is 15.0 Å². The topological polar surface area (TPSA) is 80.0 Å². The molecule has 0 aliphatic rings. The predicted molar refractivity (Wildman–Crippen MR) is 98.5 cm³/mol. The van der Waals surface area contributed by atoms with E-state index in [9.17, 15) is 9.90 Å². The number of aliphatic hydroxyl groups is 1. The van der Waals surface area contributed by atoms with E-state index >= 15 is 0 Å². The number of nitrogens with one attached hydrogen (secondary N) is 1. The smallest absolute Gasteiger partial charge is 0.221 e. The largest absolute Gasteiger partial charge is 0.388 e. The highest BCUT2D eigenvalue weighted by Crippen LogP contribution is 2.16. The van der Waals surface area contributed by atoms with Crippen LogP contribution in [-0.2, 0) is 30.8 Å². The van der Waals surface area contributed by atoms with E-state index in [1.165, 1.54) is 0 Å². The van der Waals surface area contributed by atoms with Crippen LogP contribution in [0.4, 0.5) is 0 Å². The maximum absolute atomic E-state index is 12.1. The maximum atomic E-state index is 12.1. The number of thiazole rings is 1. The number of aliphatic hydroxyl groups excluding tert-OH is 1. The molecule has 0 radical (unpaired) electrons. The minimum atomic E-state index is -0.139. The van der Waals surface area contributed by atoms with Crippen molar-refractivity contribution in [2.45, 2.75) is 39.3 Å². The van der Waals surface area contributed by atoms with Gasteiger partial charge in [-0.2, -0.15) is 0 Å². The highest BCUT2D eigenvalue weighted by molar-refractivity contribution is 7.09. The van der Waals surface area contributed by atoms with Crippen LogP contribution in [0.25, 0.3) is 11.0 Å². The third-order valence-electron chi connectivity index (χ3n) is 4.04. The number of hydrogen-bond donors (Lipinski definition) is 2. The Morgan fingerprint density at radius 1 is 1.32 bits per heavy atom. The molecule has 0 aliphatic carbocycles. The molecule has 3 rings (SSSR count). The van der Waals surface area contributed by atoms with Crippen LogP contribution in [0.1, 0.15) is 29.9 Å². The molecule has 25 heavy (non-hydrogen) atoms. The first-order valence-corrected chi connectivity index (χ1v) is 9.34. The van der Waals surface area contributed by atoms with Crippen LogP contribution in [0.5, 0.6) is 0 Å². The lowest BCUT2D eigenvalue weighted by atomic mass is 10.3. The molecule has 0 unspecified atom stereocenters. The molecule has 2 N–H and O–H groups in total. The SMILES string of the molecule is CCc1nc(CCNC(=O)CCn2c(CO)nc3ccccc32)cs1. The number of hydrogen-bond acceptors (Lipinski definition) is 5. The van der Waals surface area contributed by atoms with E-state index in [4.69, 9.17) is 0 Å². The lowest BCUT2D eigenvalue weighted by Crippen LogP contribution is -2.26. The van der Waals surface area contributed by atoms with Gasteiger partial charge in [-0.25, -0.2) is 9.97 Å². The number of fused-ring (bicyclic) bond motifs is 1. The first kappa shape index (κ1) is 17.6. The molecule has 6 nitrogen and oxygen atoms in total. The molecule has 0 atom stereocenters. The van der Waals surface area contributed by atoms with Crippen molar-refractivity contribution >= 4 is 28.3 Å². The number of para-hydroxylation sites is 2. The van der Waals surface area contributed by atoms with Gasteiger partial charge in [0.1, 0.15) is 12.4 Å². The third-order valence-corrected chi connectivity index (χ3v) is 5.08. The average molecular weight is 358 g/mol. The Bertz CT molecular complexity index is 856. The van der Waals surface area contributed by atoms with Crippen LogP contribution in [0.2, 0.25) is 0 Å². The number of carbonyl (C=O) groups excluding carboxylic acids is 1. The number of carbonyl (C=O) groups is 1. The molecular weight excluding hydrogens is 336 g/mol. The number of nitrogens with zero attached hydrogens (tertiary/aromatic N) is 3. The van der Waals surface area contributed by atoms with Gasteiger partial charge in [0.15, 0.2) is 0 Å². The molecule has 0 saturated carbocycles. The fourth-order valence-corrected chi connectivity index (χ4v) is 3.53. The van der Waals surface area contributed by atoms with Gasteiger partial charge in [-0.1, -0.05) is 19.1 Å². The number of rotatable bonds is 8. The zero-order valence-corrected chi connectivity index (χ0v) is 15.1. The Balaban J connectivity index is 1.52. The number of imidazole rings is 1. The first-order valence-electron chi connectivity index (χ1n) is 8.46. The molecule has 3 aromatic rings. The summed E-state index contributed by atoms with van der Waals surface area (Å²) in [5.74, 6) is 0.580. The van der Waals surface area contributed by atoms with E-state index in [0.29, 0.717) is 25.3 Å². The van der Waals surface area contributed by atoms with Crippen LogP contribution < -0.4 is 5.32 Å². The van der Waals surface area contributed by atoms with E-state index in [2.05, 4.69) is 27.6 Å². The molecule has 7 heteroatoms. The van der Waals surface area contributed by atoms with E-state index in [1.807, 2.05) is 28.8 Å². The van der Waals surface area contributed by atoms with Gasteiger partial charge in [-0.15, -0.1) is 11.3 Å². The summed E-state index contributed by atoms with van der Waals surface area (Å²) in [6.07, 6.45) is 2.05. The van der Waals surface area contributed by atoms with Gasteiger partial charge in [0.2, 0.25) is 5.91 Å². The first-order chi connectivity index (χ1) is 12.2. The average Bonchev–Trinajstić information content (AvgIpc) is 3.23. The Morgan fingerprint density at radius 3 is 2.92 bits per heavy atom. The molecule has 1 amide bonds. The van der Waals surface area contributed by atoms with Crippen LogP contribution in [-0.4, -0.2) is 32.1 Å². The van der Waals surface area contributed by atoms with Crippen molar-refractivity contribution in [3.8, 4) is 0 Å². The normalized spacial score (nSPS) is 11.1. The van der Waals surface area contributed by atoms with Crippen molar-refractivity contribution in [3.05, 3.63) is 46.2 Å². The van der Waals surface area contributed by atoms with Crippen molar-refractivity contribution in [1.82, 2.24) is 19.9 Å². The van der Waals surface area contributed by atoms with E-state index in [0.717, 1.165) is 34.6 Å². The fourth-order valence-electron chi connectivity index (χ4n) is 2.75. The van der Waals surface area contributed by atoms with Crippen molar-refractivity contribution in [1.29, 1.82) is 0 Å². The van der Waals surface area contributed by atoms with E-state index < -0.39 is 0 Å². The predicted octanol–water partition coefficient (Wildman–Crippen LogP) is 2.30. The summed E-state index contributed by atoms with van der Waals surface area (Å²) >= 11 is 1.66. The van der Waals surface area contributed by atoms with Gasteiger partial charge in [-0.3, -0.25) is 4.79 Å². The van der Waals surface area contributed by atoms with Crippen molar-refractivity contribution < 1.29 is 9.90 Å². The van der Waals surface area contributed by atoms with E-state index in [-0.39, 0.29) is 12.5 Å². The summed E-state index contributed by atoms with van der Waals surface area (Å²) in [5, 5.41) is 15.6. The van der Waals surface area contributed by atoms with Crippen LogP contribution in [0.15, 0.2) is 29.6 Å². The molecule has 2 heterocycles. The summed E-state index contributed by atoms with van der Waals surface area (Å²) in [7, 11) is 0. The quantitative estimate of drug-likeness (QED) is 0.647. The molecular formula is C18H22N4O2S. The molecule has 2 aromatic heterocycles. The Kier molecular flexibility index (Phi) is 5.78. The van der Waals surface area contributed by atoms with Crippen LogP contribution in [0.3, 0.4) is 0 Å². The standard InChI is InChI=1S/C18H22N4O2S/c1-2-18-20-13(12-25-18)7-9-19-17(24)8-10-22-15-6-4-3-5-14(15)21-16(22)11-23/h3-6,12,23H,2,7-11H2,1H3,(H,19,24). The Hall–Kier alpha value is -2.25. The van der Waals surface area contributed by atoms with Crippen molar-refractivity contribution in [2.75, 3.05) is 6.54 Å². The van der Waals surface area contributed by atoms with Crippen LogP contribution >= 0.6 is 11.3 Å². The minimum Gasteiger partial charge on any atom is -0.388 e. The minimum absolute atomic E-state index is 0.00684. The molecule has 0 spiro atoms. The summed E-state index contributed by atoms with van der Waals surface area (Å²) in [6.45, 7) is 3.03. The highest BCUT2D eigenvalue weighted by Gasteiger charge is 2.11. The molecule has 1 aromatic carbocycles. The summed E-state index contributed by atoms with van der Waals surface area (Å²) < 4.78 is 1.91. The molecule has 132 valence electrons. The maximum Gasteiger partial charge on any atom is 0.221 e. The molecule has 0 fully saturated rings. The summed E-state index contributed by atoms with van der Waals surface area (Å²) in [4.78, 5) is 21.0. The summed E-state index contributed by atoms with van der Waals surface area (Å²) in [6, 6.07) is 7.70. The molecule has 0 bridgehead atoms. The Morgan fingerprint density at radius 2 is 2.16 bits per heavy atom. The zero-order chi connectivity index (χ0) is 17.6. The van der Waals surface area contributed by atoms with Gasteiger partial charge in [-0.05, 0) is 18.6 Å². The van der Waals surface area contributed by atoms with Crippen molar-refractivity contribution in [3.63, 3.8) is 0 Å². The van der Waals surface area contributed by atoms with Gasteiger partial charge >= 0.3 is 0 Å². The Labute approximate surface area is 150 Å². The number of aryl methyl sites for hydroxylation is 2. The third kappa shape index (κ3) is 4.24. The van der Waals surface area contributed by atoms with E-state index in [1.54, 1.807) is 11.3 Å². The second-order valence-corrected chi connectivity index (χ2v) is 6.71. The lowest BCUT2D eigenvalue weighted by molar-refractivity contribution is -0.121.